The van der Waals surface area contributed by atoms with E-state index in [2.05, 4.69) is 41.8 Å². The van der Waals surface area contributed by atoms with Crippen LogP contribution in [0.3, 0.4) is 0 Å². The number of halogens is 3. The second-order valence-corrected chi connectivity index (χ2v) is 5.19. The predicted octanol–water partition coefficient (Wildman–Crippen LogP) is 3.42. The Bertz CT molecular complexity index is 675. The van der Waals surface area contributed by atoms with E-state index in [0.717, 1.165) is 6.20 Å². The first kappa shape index (κ1) is 14.6. The summed E-state index contributed by atoms with van der Waals surface area (Å²) in [5, 5.41) is 10.7. The molecule has 0 spiro atoms. The number of benzene rings is 1. The number of rotatable bonds is 3. The quantitative estimate of drug-likeness (QED) is 0.617. The molecule has 0 unspecified atom stereocenters. The first-order valence-electron chi connectivity index (χ1n) is 4.98. The van der Waals surface area contributed by atoms with Crippen LogP contribution in [-0.4, -0.2) is 14.9 Å². The van der Waals surface area contributed by atoms with Crippen molar-refractivity contribution in [1.29, 1.82) is 0 Å². The Morgan fingerprint density at radius 2 is 1.95 bits per heavy atom. The third-order valence-electron chi connectivity index (χ3n) is 2.12. The molecular formula is C10H5Br2FN4O3. The number of ether oxygens (including phenoxy) is 1. The second-order valence-electron chi connectivity index (χ2n) is 3.48. The van der Waals surface area contributed by atoms with Gasteiger partial charge in [0.25, 0.3) is 11.6 Å². The number of nitro groups is 1. The molecule has 2 N–H and O–H groups in total. The smallest absolute Gasteiger partial charge is 0.271 e. The Hall–Kier alpha value is -1.81. The minimum atomic E-state index is -0.809. The summed E-state index contributed by atoms with van der Waals surface area (Å²) in [5.74, 6) is -1.22. The van der Waals surface area contributed by atoms with Gasteiger partial charge < -0.3 is 10.5 Å². The van der Waals surface area contributed by atoms with Gasteiger partial charge in [-0.25, -0.2) is 4.98 Å². The SMILES string of the molecule is Nc1ncc(F)c(Oc2c(Br)cc([N+](=O)[O-])cc2Br)n1. The van der Waals surface area contributed by atoms with E-state index in [0.29, 0.717) is 0 Å². The van der Waals surface area contributed by atoms with Gasteiger partial charge in [0.15, 0.2) is 5.75 Å². The van der Waals surface area contributed by atoms with E-state index in [1.807, 2.05) is 0 Å². The van der Waals surface area contributed by atoms with E-state index in [1.165, 1.54) is 12.1 Å². The normalized spacial score (nSPS) is 10.3. The summed E-state index contributed by atoms with van der Waals surface area (Å²) in [7, 11) is 0. The number of non-ortho nitro benzene ring substituents is 1. The molecule has 1 aromatic heterocycles. The van der Waals surface area contributed by atoms with Gasteiger partial charge in [-0.2, -0.15) is 9.37 Å². The van der Waals surface area contributed by atoms with E-state index in [4.69, 9.17) is 10.5 Å². The van der Waals surface area contributed by atoms with E-state index in [1.54, 1.807) is 0 Å². The minimum absolute atomic E-state index is 0.132. The minimum Gasteiger partial charge on any atom is -0.434 e. The van der Waals surface area contributed by atoms with Crippen LogP contribution in [0.5, 0.6) is 11.6 Å². The first-order valence-corrected chi connectivity index (χ1v) is 6.56. The third-order valence-corrected chi connectivity index (χ3v) is 3.30. The molecule has 0 aliphatic rings. The van der Waals surface area contributed by atoms with Crippen molar-refractivity contribution >= 4 is 43.5 Å². The topological polar surface area (TPSA) is 104 Å². The van der Waals surface area contributed by atoms with Crippen LogP contribution in [0.15, 0.2) is 27.3 Å². The Morgan fingerprint density at radius 1 is 1.35 bits per heavy atom. The Labute approximate surface area is 128 Å². The van der Waals surface area contributed by atoms with Crippen molar-refractivity contribution in [2.45, 2.75) is 0 Å². The largest absolute Gasteiger partial charge is 0.434 e. The summed E-state index contributed by atoms with van der Waals surface area (Å²) in [5.41, 5.74) is 5.19. The summed E-state index contributed by atoms with van der Waals surface area (Å²) in [6.07, 6.45) is 0.866. The number of aromatic nitrogens is 2. The molecule has 7 nitrogen and oxygen atoms in total. The molecular weight excluding hydrogens is 403 g/mol. The van der Waals surface area contributed by atoms with Gasteiger partial charge in [-0.05, 0) is 31.9 Å². The molecule has 0 amide bonds. The van der Waals surface area contributed by atoms with Crippen LogP contribution >= 0.6 is 31.9 Å². The molecule has 0 radical (unpaired) electrons. The number of nitrogen functional groups attached to an aromatic ring is 1. The second kappa shape index (κ2) is 5.67. The van der Waals surface area contributed by atoms with Crippen molar-refractivity contribution in [3.05, 3.63) is 43.2 Å². The maximum absolute atomic E-state index is 13.5. The number of nitrogens with zero attached hydrogens (tertiary/aromatic N) is 3. The van der Waals surface area contributed by atoms with Crippen LogP contribution in [0.4, 0.5) is 16.0 Å². The van der Waals surface area contributed by atoms with E-state index >= 15 is 0 Å². The van der Waals surface area contributed by atoms with Gasteiger partial charge in [0.05, 0.1) is 20.1 Å². The first-order chi connectivity index (χ1) is 9.38. The molecule has 0 bridgehead atoms. The molecule has 0 saturated heterocycles. The highest BCUT2D eigenvalue weighted by molar-refractivity contribution is 9.11. The van der Waals surface area contributed by atoms with Crippen LogP contribution < -0.4 is 10.5 Å². The van der Waals surface area contributed by atoms with Crippen molar-refractivity contribution in [1.82, 2.24) is 9.97 Å². The highest BCUT2D eigenvalue weighted by Crippen LogP contribution is 2.39. The molecule has 20 heavy (non-hydrogen) atoms. The third kappa shape index (κ3) is 3.02. The van der Waals surface area contributed by atoms with E-state index < -0.39 is 10.7 Å². The van der Waals surface area contributed by atoms with E-state index in [9.17, 15) is 14.5 Å². The van der Waals surface area contributed by atoms with Crippen molar-refractivity contribution < 1.29 is 14.1 Å². The standard InChI is InChI=1S/C10H5Br2FN4O3/c11-5-1-4(17(18)19)2-6(12)8(5)20-9-7(13)3-15-10(14)16-9/h1-3H,(H2,14,15,16). The lowest BCUT2D eigenvalue weighted by atomic mass is 10.3. The number of hydrogen-bond acceptors (Lipinski definition) is 6. The van der Waals surface area contributed by atoms with E-state index in [-0.39, 0.29) is 32.2 Å². The lowest BCUT2D eigenvalue weighted by Gasteiger charge is -2.09. The number of anilines is 1. The van der Waals surface area contributed by atoms with Gasteiger partial charge in [-0.15, -0.1) is 0 Å². The number of hydrogen-bond donors (Lipinski definition) is 1. The van der Waals surface area contributed by atoms with Gasteiger partial charge in [-0.3, -0.25) is 10.1 Å². The van der Waals surface area contributed by atoms with Crippen LogP contribution in [0.25, 0.3) is 0 Å². The molecule has 1 aromatic carbocycles. The van der Waals surface area contributed by atoms with Gasteiger partial charge in [-0.1, -0.05) is 0 Å². The van der Waals surface area contributed by atoms with Gasteiger partial charge >= 0.3 is 0 Å². The lowest BCUT2D eigenvalue weighted by Crippen LogP contribution is -2.00. The molecule has 0 saturated carbocycles. The number of nitro benzene ring substituents is 1. The summed E-state index contributed by atoms with van der Waals surface area (Å²) >= 11 is 6.22. The monoisotopic (exact) mass is 406 g/mol. The zero-order chi connectivity index (χ0) is 14.9. The Balaban J connectivity index is 2.44. The fourth-order valence-electron chi connectivity index (χ4n) is 1.28. The molecule has 10 heteroatoms. The summed E-state index contributed by atoms with van der Waals surface area (Å²) in [6.45, 7) is 0. The highest BCUT2D eigenvalue weighted by Gasteiger charge is 2.18. The molecule has 104 valence electrons. The fraction of sp³-hybridized carbons (Fsp3) is 0. The van der Waals surface area contributed by atoms with Gasteiger partial charge in [0, 0.05) is 12.1 Å². The van der Waals surface area contributed by atoms with Crippen LogP contribution in [0.1, 0.15) is 0 Å². The van der Waals surface area contributed by atoms with Crippen molar-refractivity contribution in [2.24, 2.45) is 0 Å². The molecule has 1 heterocycles. The van der Waals surface area contributed by atoms with Crippen molar-refractivity contribution in [2.75, 3.05) is 5.73 Å². The maximum Gasteiger partial charge on any atom is 0.271 e. The fourth-order valence-corrected chi connectivity index (χ4v) is 2.61. The summed E-state index contributed by atoms with van der Waals surface area (Å²) in [4.78, 5) is 17.2. The zero-order valence-electron chi connectivity index (χ0n) is 9.51. The predicted molar refractivity (Wildman–Crippen MR) is 75.0 cm³/mol. The van der Waals surface area contributed by atoms with Crippen LogP contribution in [0.2, 0.25) is 0 Å². The molecule has 0 atom stereocenters. The highest BCUT2D eigenvalue weighted by atomic mass is 79.9. The molecule has 0 fully saturated rings. The van der Waals surface area contributed by atoms with Crippen LogP contribution in [0, 0.1) is 15.9 Å². The van der Waals surface area contributed by atoms with Crippen molar-refractivity contribution in [3.63, 3.8) is 0 Å². The average Bonchev–Trinajstić information content (AvgIpc) is 2.37. The molecule has 2 rings (SSSR count). The lowest BCUT2D eigenvalue weighted by molar-refractivity contribution is -0.385. The van der Waals surface area contributed by atoms with Crippen molar-refractivity contribution in [3.8, 4) is 11.6 Å². The van der Waals surface area contributed by atoms with Gasteiger partial charge in [0.2, 0.25) is 11.8 Å². The summed E-state index contributed by atoms with van der Waals surface area (Å²) < 4.78 is 19.3. The molecule has 0 aliphatic heterocycles. The zero-order valence-corrected chi connectivity index (χ0v) is 12.7. The number of nitrogens with two attached hydrogens (primary N) is 1. The maximum atomic E-state index is 13.5. The van der Waals surface area contributed by atoms with Crippen LogP contribution in [-0.2, 0) is 0 Å². The Kier molecular flexibility index (Phi) is 4.14. The molecule has 2 aromatic rings. The van der Waals surface area contributed by atoms with Gasteiger partial charge in [0.1, 0.15) is 0 Å². The molecule has 0 aliphatic carbocycles. The summed E-state index contributed by atoms with van der Waals surface area (Å²) in [6, 6.07) is 2.45. The Morgan fingerprint density at radius 3 is 2.50 bits per heavy atom. The average molecular weight is 408 g/mol.